The van der Waals surface area contributed by atoms with Crippen molar-refractivity contribution in [3.05, 3.63) is 53.6 Å². The molecule has 1 aliphatic rings. The lowest BCUT2D eigenvalue weighted by Crippen LogP contribution is -2.41. The van der Waals surface area contributed by atoms with E-state index in [-0.39, 0.29) is 18.6 Å². The third-order valence-corrected chi connectivity index (χ3v) is 4.15. The fourth-order valence-electron chi connectivity index (χ4n) is 2.63. The van der Waals surface area contributed by atoms with Gasteiger partial charge >= 0.3 is 0 Å². The lowest BCUT2D eigenvalue weighted by Gasteiger charge is -2.26. The highest BCUT2D eigenvalue weighted by atomic mass is 35.5. The standard InChI is InChI=1S/C18H16ClN5O3/c19-13-5-3-4-12(8-13)18-21-23-24(22-18)10-17(25)20-9-14-11-26-15-6-1-2-7-16(15)27-14/h1-8,14H,9-11H2,(H,20,25). The first-order valence-corrected chi connectivity index (χ1v) is 8.74. The molecule has 0 aliphatic carbocycles. The Hall–Kier alpha value is -3.13. The number of hydrogen-bond acceptors (Lipinski definition) is 6. The Morgan fingerprint density at radius 2 is 2.07 bits per heavy atom. The molecule has 1 aliphatic heterocycles. The molecule has 1 atom stereocenters. The molecule has 0 saturated carbocycles. The van der Waals surface area contributed by atoms with E-state index in [1.54, 1.807) is 18.2 Å². The van der Waals surface area contributed by atoms with Crippen LogP contribution in [0.5, 0.6) is 11.5 Å². The highest BCUT2D eigenvalue weighted by molar-refractivity contribution is 6.30. The molecule has 3 aromatic rings. The van der Waals surface area contributed by atoms with Crippen molar-refractivity contribution in [1.82, 2.24) is 25.5 Å². The second-order valence-electron chi connectivity index (χ2n) is 5.96. The first-order chi connectivity index (χ1) is 13.2. The van der Waals surface area contributed by atoms with Gasteiger partial charge in [-0.3, -0.25) is 4.79 Å². The number of ether oxygens (including phenoxy) is 2. The summed E-state index contributed by atoms with van der Waals surface area (Å²) < 4.78 is 11.4. The number of rotatable bonds is 5. The molecule has 0 spiro atoms. The van der Waals surface area contributed by atoms with Crippen LogP contribution in [0.3, 0.4) is 0 Å². The van der Waals surface area contributed by atoms with Crippen molar-refractivity contribution in [1.29, 1.82) is 0 Å². The predicted molar refractivity (Wildman–Crippen MR) is 97.6 cm³/mol. The van der Waals surface area contributed by atoms with E-state index >= 15 is 0 Å². The third-order valence-electron chi connectivity index (χ3n) is 3.92. The maximum Gasteiger partial charge on any atom is 0.243 e. The van der Waals surface area contributed by atoms with E-state index in [1.165, 1.54) is 4.80 Å². The molecule has 0 saturated heterocycles. The number of para-hydroxylation sites is 2. The summed E-state index contributed by atoms with van der Waals surface area (Å²) in [7, 11) is 0. The average molecular weight is 386 g/mol. The van der Waals surface area contributed by atoms with Crippen LogP contribution in [0, 0.1) is 0 Å². The zero-order valence-electron chi connectivity index (χ0n) is 14.2. The second kappa shape index (κ2) is 7.63. The van der Waals surface area contributed by atoms with Crippen LogP contribution in [0.15, 0.2) is 48.5 Å². The third kappa shape index (κ3) is 4.17. The molecular weight excluding hydrogens is 370 g/mol. The average Bonchev–Trinajstić information content (AvgIpc) is 3.15. The SMILES string of the molecule is O=C(Cn1nnc(-c2cccc(Cl)c2)n1)NCC1COc2ccccc2O1. The molecule has 1 aromatic heterocycles. The summed E-state index contributed by atoms with van der Waals surface area (Å²) in [6, 6.07) is 14.6. The molecule has 0 radical (unpaired) electrons. The Labute approximate surface area is 160 Å². The van der Waals surface area contributed by atoms with Crippen LogP contribution in [0.4, 0.5) is 0 Å². The quantitative estimate of drug-likeness (QED) is 0.721. The number of nitrogens with zero attached hydrogens (tertiary/aromatic N) is 4. The molecule has 27 heavy (non-hydrogen) atoms. The monoisotopic (exact) mass is 385 g/mol. The van der Waals surface area contributed by atoms with Crippen molar-refractivity contribution in [2.45, 2.75) is 12.6 Å². The minimum absolute atomic E-state index is 0.0439. The number of benzene rings is 2. The van der Waals surface area contributed by atoms with Gasteiger partial charge in [0.15, 0.2) is 11.5 Å². The van der Waals surface area contributed by atoms with Crippen molar-refractivity contribution < 1.29 is 14.3 Å². The summed E-state index contributed by atoms with van der Waals surface area (Å²) in [5, 5.41) is 15.4. The van der Waals surface area contributed by atoms with Crippen molar-refractivity contribution in [3.63, 3.8) is 0 Å². The van der Waals surface area contributed by atoms with Gasteiger partial charge in [0.2, 0.25) is 11.7 Å². The van der Waals surface area contributed by atoms with Gasteiger partial charge in [-0.1, -0.05) is 35.9 Å². The van der Waals surface area contributed by atoms with Crippen LogP contribution < -0.4 is 14.8 Å². The number of tetrazole rings is 1. The minimum Gasteiger partial charge on any atom is -0.486 e. The van der Waals surface area contributed by atoms with E-state index in [1.807, 2.05) is 30.3 Å². The van der Waals surface area contributed by atoms with Crippen LogP contribution >= 0.6 is 11.6 Å². The molecule has 1 unspecified atom stereocenters. The van der Waals surface area contributed by atoms with Gasteiger partial charge in [0.05, 0.1) is 6.54 Å². The van der Waals surface area contributed by atoms with Crippen molar-refractivity contribution in [2.24, 2.45) is 0 Å². The summed E-state index contributed by atoms with van der Waals surface area (Å²) >= 11 is 5.96. The number of fused-ring (bicyclic) bond motifs is 1. The number of carbonyl (C=O) groups excluding carboxylic acids is 1. The van der Waals surface area contributed by atoms with Gasteiger partial charge < -0.3 is 14.8 Å². The molecule has 0 fully saturated rings. The van der Waals surface area contributed by atoms with E-state index in [2.05, 4.69) is 20.7 Å². The number of nitrogens with one attached hydrogen (secondary N) is 1. The molecule has 138 valence electrons. The Morgan fingerprint density at radius 3 is 2.93 bits per heavy atom. The number of hydrogen-bond donors (Lipinski definition) is 1. The predicted octanol–water partition coefficient (Wildman–Crippen LogP) is 1.95. The first kappa shape index (κ1) is 17.3. The number of carbonyl (C=O) groups is 1. The summed E-state index contributed by atoms with van der Waals surface area (Å²) in [4.78, 5) is 13.4. The molecule has 1 N–H and O–H groups in total. The molecule has 8 nitrogen and oxygen atoms in total. The Balaban J connectivity index is 1.30. The van der Waals surface area contributed by atoms with Crippen molar-refractivity contribution in [3.8, 4) is 22.9 Å². The lowest BCUT2D eigenvalue weighted by atomic mass is 10.2. The molecule has 4 rings (SSSR count). The highest BCUT2D eigenvalue weighted by Gasteiger charge is 2.21. The van der Waals surface area contributed by atoms with E-state index in [0.29, 0.717) is 35.5 Å². The van der Waals surface area contributed by atoms with Crippen LogP contribution in [-0.2, 0) is 11.3 Å². The molecule has 9 heteroatoms. The Morgan fingerprint density at radius 1 is 1.22 bits per heavy atom. The normalized spacial score (nSPS) is 15.4. The van der Waals surface area contributed by atoms with Gasteiger partial charge in [0, 0.05) is 10.6 Å². The Kier molecular flexibility index (Phi) is 4.88. The summed E-state index contributed by atoms with van der Waals surface area (Å²) in [6.45, 7) is 0.651. The van der Waals surface area contributed by atoms with Gasteiger partial charge in [-0.15, -0.1) is 10.2 Å². The van der Waals surface area contributed by atoms with Gasteiger partial charge in [-0.25, -0.2) is 0 Å². The highest BCUT2D eigenvalue weighted by Crippen LogP contribution is 2.30. The maximum absolute atomic E-state index is 12.1. The van der Waals surface area contributed by atoms with E-state index in [4.69, 9.17) is 21.1 Å². The van der Waals surface area contributed by atoms with E-state index < -0.39 is 0 Å². The molecular formula is C18H16ClN5O3. The lowest BCUT2D eigenvalue weighted by molar-refractivity contribution is -0.122. The maximum atomic E-state index is 12.1. The fourth-order valence-corrected chi connectivity index (χ4v) is 2.82. The van der Waals surface area contributed by atoms with Crippen molar-refractivity contribution >= 4 is 17.5 Å². The largest absolute Gasteiger partial charge is 0.486 e. The number of halogens is 1. The second-order valence-corrected chi connectivity index (χ2v) is 6.39. The fraction of sp³-hybridized carbons (Fsp3) is 0.222. The number of amides is 1. The zero-order chi connectivity index (χ0) is 18.6. The van der Waals surface area contributed by atoms with Gasteiger partial charge in [-0.2, -0.15) is 4.80 Å². The summed E-state index contributed by atoms with van der Waals surface area (Å²) in [6.07, 6.45) is -0.255. The summed E-state index contributed by atoms with van der Waals surface area (Å²) in [5.74, 6) is 1.55. The van der Waals surface area contributed by atoms with Crippen LogP contribution in [0.1, 0.15) is 0 Å². The number of aromatic nitrogens is 4. The molecule has 0 bridgehead atoms. The molecule has 2 heterocycles. The molecule has 1 amide bonds. The van der Waals surface area contributed by atoms with Gasteiger partial charge in [-0.05, 0) is 29.5 Å². The first-order valence-electron chi connectivity index (χ1n) is 8.36. The topological polar surface area (TPSA) is 91.2 Å². The van der Waals surface area contributed by atoms with Crippen molar-refractivity contribution in [2.75, 3.05) is 13.2 Å². The van der Waals surface area contributed by atoms with Crippen LogP contribution in [0.25, 0.3) is 11.4 Å². The Bertz CT molecular complexity index is 961. The minimum atomic E-state index is -0.255. The zero-order valence-corrected chi connectivity index (χ0v) is 15.0. The van der Waals surface area contributed by atoms with Crippen LogP contribution in [0.2, 0.25) is 5.02 Å². The van der Waals surface area contributed by atoms with E-state index in [9.17, 15) is 4.79 Å². The van der Waals surface area contributed by atoms with Gasteiger partial charge in [0.1, 0.15) is 19.3 Å². The van der Waals surface area contributed by atoms with Crippen LogP contribution in [-0.4, -0.2) is 45.4 Å². The van der Waals surface area contributed by atoms with Gasteiger partial charge in [0.25, 0.3) is 0 Å². The summed E-state index contributed by atoms with van der Waals surface area (Å²) in [5.41, 5.74) is 0.737. The van der Waals surface area contributed by atoms with E-state index in [0.717, 1.165) is 5.56 Å². The molecule has 2 aromatic carbocycles. The smallest absolute Gasteiger partial charge is 0.243 e.